The summed E-state index contributed by atoms with van der Waals surface area (Å²) in [5.74, 6) is 0.569. The quantitative estimate of drug-likeness (QED) is 0.164. The first-order valence-corrected chi connectivity index (χ1v) is 9.76. The van der Waals surface area contributed by atoms with Crippen LogP contribution in [0.25, 0.3) is 0 Å². The Labute approximate surface area is 154 Å². The second kappa shape index (κ2) is 21.8. The van der Waals surface area contributed by atoms with Gasteiger partial charge in [0.15, 0.2) is 0 Å². The largest absolute Gasteiger partial charge is 1.00 e. The minimum Gasteiger partial charge on any atom is -0.726 e. The number of aliphatic hydroxyl groups excluding tert-OH is 1. The van der Waals surface area contributed by atoms with Gasteiger partial charge in [0.05, 0.1) is 13.2 Å². The molecule has 0 aliphatic rings. The molecule has 0 unspecified atom stereocenters. The van der Waals surface area contributed by atoms with E-state index >= 15 is 0 Å². The summed E-state index contributed by atoms with van der Waals surface area (Å²) in [5, 5.41) is 7.80. The van der Waals surface area contributed by atoms with Crippen LogP contribution < -0.4 is 18.9 Å². The minimum absolute atomic E-state index is 0. The van der Waals surface area contributed by atoms with Gasteiger partial charge in [-0.25, -0.2) is 8.42 Å². The van der Waals surface area contributed by atoms with Crippen molar-refractivity contribution in [1.29, 1.82) is 0 Å². The van der Waals surface area contributed by atoms with Crippen LogP contribution in [0.15, 0.2) is 0 Å². The van der Waals surface area contributed by atoms with Gasteiger partial charge in [0.2, 0.25) is 10.4 Å². The van der Waals surface area contributed by atoms with Crippen molar-refractivity contribution in [1.82, 2.24) is 0 Å². The Bertz CT molecular complexity index is 285. The van der Waals surface area contributed by atoms with Crippen LogP contribution in [-0.2, 0) is 14.6 Å². The summed E-state index contributed by atoms with van der Waals surface area (Å²) in [5.41, 5.74) is 0. The first kappa shape index (κ1) is 27.6. The number of unbranched alkanes of at least 4 members (excludes halogenated alkanes) is 9. The third-order valence-corrected chi connectivity index (χ3v) is 3.48. The van der Waals surface area contributed by atoms with Gasteiger partial charge >= 0.3 is 18.9 Å². The number of aliphatic hydroxyl groups is 1. The molecule has 0 rings (SSSR count). The van der Waals surface area contributed by atoms with Crippen LogP contribution in [0, 0.1) is 0 Å². The molecular formula is C14H31LiO5S2. The number of rotatable bonds is 13. The van der Waals surface area contributed by atoms with Gasteiger partial charge in [-0.3, -0.25) is 4.18 Å². The molecular weight excluding hydrogens is 319 g/mol. The molecule has 0 amide bonds. The third-order valence-electron chi connectivity index (χ3n) is 2.83. The summed E-state index contributed by atoms with van der Waals surface area (Å²) in [6.45, 7) is 2.43. The molecule has 0 bridgehead atoms. The molecule has 0 spiro atoms. The first-order chi connectivity index (χ1) is 9.97. The van der Waals surface area contributed by atoms with E-state index in [1.807, 2.05) is 0 Å². The van der Waals surface area contributed by atoms with Crippen molar-refractivity contribution in [2.45, 2.75) is 71.1 Å². The van der Waals surface area contributed by atoms with Crippen LogP contribution in [0.2, 0.25) is 0 Å². The monoisotopic (exact) mass is 350 g/mol. The number of hydrogen-bond donors (Lipinski definition) is 2. The molecule has 130 valence electrons. The van der Waals surface area contributed by atoms with Crippen LogP contribution in [0.3, 0.4) is 0 Å². The average molecular weight is 350 g/mol. The first-order valence-electron chi connectivity index (χ1n) is 7.79. The SMILES string of the molecule is CCCCCCCCCCCCOS(=O)(=O)[O-].OCCS.[Li+]. The molecule has 0 aliphatic carbocycles. The van der Waals surface area contributed by atoms with E-state index in [0.29, 0.717) is 12.2 Å². The van der Waals surface area contributed by atoms with Crippen LogP contribution in [0.5, 0.6) is 0 Å². The van der Waals surface area contributed by atoms with E-state index in [1.165, 1.54) is 44.9 Å². The molecule has 0 atom stereocenters. The predicted octanol–water partition coefficient (Wildman–Crippen LogP) is 0.297. The summed E-state index contributed by atoms with van der Waals surface area (Å²) in [7, 11) is -4.48. The van der Waals surface area contributed by atoms with E-state index in [2.05, 4.69) is 23.7 Å². The summed E-state index contributed by atoms with van der Waals surface area (Å²) in [6.07, 6.45) is 11.7. The standard InChI is InChI=1S/C12H26O4S.C2H6OS.Li/c1-2-3-4-5-6-7-8-9-10-11-12-16-17(13,14)15;3-1-2-4;/h2-12H2,1H3,(H,13,14,15);3-4H,1-2H2;/q;;+1/p-1. The molecule has 0 saturated carbocycles. The van der Waals surface area contributed by atoms with Gasteiger partial charge in [-0.05, 0) is 6.42 Å². The van der Waals surface area contributed by atoms with Crippen molar-refractivity contribution in [2.75, 3.05) is 19.0 Å². The van der Waals surface area contributed by atoms with Crippen LogP contribution in [-0.4, -0.2) is 37.0 Å². The van der Waals surface area contributed by atoms with E-state index in [-0.39, 0.29) is 32.1 Å². The molecule has 0 aliphatic heterocycles. The van der Waals surface area contributed by atoms with Gasteiger partial charge in [-0.15, -0.1) is 0 Å². The Hall–Kier alpha value is 0.777. The summed E-state index contributed by atoms with van der Waals surface area (Å²) in [6, 6.07) is 0. The topological polar surface area (TPSA) is 86.7 Å². The second-order valence-electron chi connectivity index (χ2n) is 4.86. The van der Waals surface area contributed by atoms with Gasteiger partial charge in [0.1, 0.15) is 0 Å². The molecule has 1 N–H and O–H groups in total. The van der Waals surface area contributed by atoms with E-state index in [9.17, 15) is 13.0 Å². The van der Waals surface area contributed by atoms with Crippen LogP contribution in [0.1, 0.15) is 71.1 Å². The molecule has 0 aromatic heterocycles. The Kier molecular flexibility index (Phi) is 27.3. The normalized spacial score (nSPS) is 10.5. The summed E-state index contributed by atoms with van der Waals surface area (Å²) in [4.78, 5) is 0. The molecule has 0 fully saturated rings. The van der Waals surface area contributed by atoms with Crippen molar-refractivity contribution in [2.24, 2.45) is 0 Å². The predicted molar refractivity (Wildman–Crippen MR) is 88.4 cm³/mol. The molecule has 22 heavy (non-hydrogen) atoms. The second-order valence-corrected chi connectivity index (χ2v) is 6.36. The molecule has 0 aromatic rings. The smallest absolute Gasteiger partial charge is 0.726 e. The number of hydrogen-bond acceptors (Lipinski definition) is 6. The van der Waals surface area contributed by atoms with Gasteiger partial charge in [-0.2, -0.15) is 12.6 Å². The van der Waals surface area contributed by atoms with Crippen molar-refractivity contribution < 1.29 is 41.1 Å². The molecule has 0 radical (unpaired) electrons. The van der Waals surface area contributed by atoms with Gasteiger partial charge in [0, 0.05) is 5.75 Å². The van der Waals surface area contributed by atoms with Crippen molar-refractivity contribution in [3.63, 3.8) is 0 Å². The van der Waals surface area contributed by atoms with Gasteiger partial charge in [-0.1, -0.05) is 64.7 Å². The van der Waals surface area contributed by atoms with Crippen molar-refractivity contribution in [3.8, 4) is 0 Å². The van der Waals surface area contributed by atoms with Gasteiger partial charge in [0.25, 0.3) is 0 Å². The Morgan fingerprint density at radius 2 is 1.32 bits per heavy atom. The maximum absolute atomic E-state index is 10.1. The Morgan fingerprint density at radius 1 is 0.955 bits per heavy atom. The van der Waals surface area contributed by atoms with E-state index in [0.717, 1.165) is 12.8 Å². The van der Waals surface area contributed by atoms with Crippen LogP contribution in [0.4, 0.5) is 0 Å². The maximum atomic E-state index is 10.1. The fourth-order valence-electron chi connectivity index (χ4n) is 1.75. The van der Waals surface area contributed by atoms with Crippen molar-refractivity contribution in [3.05, 3.63) is 0 Å². The summed E-state index contributed by atoms with van der Waals surface area (Å²) < 4.78 is 34.5. The molecule has 0 saturated heterocycles. The molecule has 5 nitrogen and oxygen atoms in total. The summed E-state index contributed by atoms with van der Waals surface area (Å²) >= 11 is 3.67. The van der Waals surface area contributed by atoms with E-state index < -0.39 is 10.4 Å². The van der Waals surface area contributed by atoms with E-state index in [4.69, 9.17) is 5.11 Å². The van der Waals surface area contributed by atoms with Crippen LogP contribution >= 0.6 is 12.6 Å². The maximum Gasteiger partial charge on any atom is 1.00 e. The zero-order valence-corrected chi connectivity index (χ0v) is 15.8. The number of thiol groups is 1. The molecule has 0 aromatic carbocycles. The Morgan fingerprint density at radius 3 is 1.64 bits per heavy atom. The zero-order chi connectivity index (χ0) is 16.4. The Balaban J connectivity index is -0.000000640. The molecule has 8 heteroatoms. The van der Waals surface area contributed by atoms with Crippen molar-refractivity contribution >= 4 is 23.0 Å². The van der Waals surface area contributed by atoms with Gasteiger partial charge < -0.3 is 9.66 Å². The zero-order valence-electron chi connectivity index (χ0n) is 14.1. The fourth-order valence-corrected chi connectivity index (χ4v) is 2.07. The average Bonchev–Trinajstić information content (AvgIpc) is 2.44. The van der Waals surface area contributed by atoms with E-state index in [1.54, 1.807) is 0 Å². The minimum atomic E-state index is -4.48. The third kappa shape index (κ3) is 32.6. The fraction of sp³-hybridized carbons (Fsp3) is 1.00. The molecule has 0 heterocycles.